The molecular formula is C34H57NO5. The normalized spacial score (nSPS) is 24.4. The molecule has 0 aromatic rings. The van der Waals surface area contributed by atoms with Gasteiger partial charge in [-0.1, -0.05) is 89.3 Å². The molecular weight excluding hydrogens is 502 g/mol. The van der Waals surface area contributed by atoms with Gasteiger partial charge in [0.15, 0.2) is 0 Å². The molecule has 5 N–H and O–H groups in total. The van der Waals surface area contributed by atoms with E-state index in [9.17, 15) is 20.1 Å². The van der Waals surface area contributed by atoms with Gasteiger partial charge < -0.3 is 25.8 Å². The lowest BCUT2D eigenvalue weighted by molar-refractivity contribution is -0.164. The third-order valence-electron chi connectivity index (χ3n) is 8.22. The van der Waals surface area contributed by atoms with Crippen LogP contribution >= 0.6 is 0 Å². The number of cyclic esters (lactones) is 1. The van der Waals surface area contributed by atoms with Gasteiger partial charge in [-0.3, -0.25) is 4.79 Å². The minimum absolute atomic E-state index is 0.0432. The number of aliphatic hydroxyl groups excluding tert-OH is 3. The number of ether oxygens (including phenoxy) is 1. The van der Waals surface area contributed by atoms with E-state index in [1.54, 1.807) is 6.08 Å². The summed E-state index contributed by atoms with van der Waals surface area (Å²) >= 11 is 0. The first kappa shape index (κ1) is 35.9. The van der Waals surface area contributed by atoms with Crippen molar-refractivity contribution in [2.45, 2.75) is 117 Å². The highest BCUT2D eigenvalue weighted by molar-refractivity contribution is 5.70. The molecule has 6 heteroatoms. The van der Waals surface area contributed by atoms with E-state index in [1.807, 2.05) is 32.1 Å². The summed E-state index contributed by atoms with van der Waals surface area (Å²) in [6.45, 7) is 16.1. The van der Waals surface area contributed by atoms with Crippen molar-refractivity contribution < 1.29 is 24.9 Å². The molecule has 6 nitrogen and oxygen atoms in total. The van der Waals surface area contributed by atoms with Crippen LogP contribution in [0.2, 0.25) is 0 Å². The highest BCUT2D eigenvalue weighted by atomic mass is 16.6. The summed E-state index contributed by atoms with van der Waals surface area (Å²) in [5.41, 5.74) is 8.28. The number of allylic oxidation sites excluding steroid dienone is 7. The largest absolute Gasteiger partial charge is 0.460 e. The van der Waals surface area contributed by atoms with Gasteiger partial charge in [0.25, 0.3) is 0 Å². The zero-order valence-electron chi connectivity index (χ0n) is 25.8. The topological polar surface area (TPSA) is 113 Å². The van der Waals surface area contributed by atoms with Crippen LogP contribution < -0.4 is 5.73 Å². The van der Waals surface area contributed by atoms with Crippen molar-refractivity contribution >= 4 is 5.97 Å². The van der Waals surface area contributed by atoms with E-state index < -0.39 is 24.4 Å². The Labute approximate surface area is 243 Å². The highest BCUT2D eigenvalue weighted by Gasteiger charge is 2.29. The van der Waals surface area contributed by atoms with Crippen molar-refractivity contribution in [3.63, 3.8) is 0 Å². The van der Waals surface area contributed by atoms with Crippen LogP contribution in [0.5, 0.6) is 0 Å². The summed E-state index contributed by atoms with van der Waals surface area (Å²) in [5.74, 6) is 0.0457. The molecule has 1 aliphatic heterocycles. The molecule has 9 atom stereocenters. The third kappa shape index (κ3) is 13.0. The Bertz CT molecular complexity index is 876. The summed E-state index contributed by atoms with van der Waals surface area (Å²) in [7, 11) is 0. The standard InChI is InChI=1S/C34H57NO5/c1-8-10-11-16-28(22-29(35)14-9-2)27(7)34(39)26(6)21-23(3)20-25(5)33(38)24(4)15-12-13-17-31-30(36)18-19-32(37)40-31/h8,10-12,14-15,20,24-28,30-31,33-34,36,38-39H,1,9,13,16-19,21-22,35H2,2-7H3/b11-10-,15-12-,23-20-,29-14+/t24?,25?,26?,27?,28?,30?,31-,33?,34?/m0/s1. The summed E-state index contributed by atoms with van der Waals surface area (Å²) in [6.07, 6.45) is 17.2. The zero-order chi connectivity index (χ0) is 30.2. The number of aliphatic hydroxyl groups is 3. The molecule has 0 aromatic heterocycles. The minimum atomic E-state index is -0.595. The monoisotopic (exact) mass is 559 g/mol. The first-order valence-electron chi connectivity index (χ1n) is 15.2. The van der Waals surface area contributed by atoms with Gasteiger partial charge in [-0.05, 0) is 69.6 Å². The van der Waals surface area contributed by atoms with Crippen LogP contribution in [0.4, 0.5) is 0 Å². The van der Waals surface area contributed by atoms with Crippen LogP contribution in [-0.4, -0.2) is 45.7 Å². The highest BCUT2D eigenvalue weighted by Crippen LogP contribution is 2.31. The number of rotatable bonds is 18. The van der Waals surface area contributed by atoms with Gasteiger partial charge >= 0.3 is 5.97 Å². The van der Waals surface area contributed by atoms with E-state index >= 15 is 0 Å². The summed E-state index contributed by atoms with van der Waals surface area (Å²) in [4.78, 5) is 11.5. The molecule has 0 radical (unpaired) electrons. The Hall–Kier alpha value is -2.15. The predicted octanol–water partition coefficient (Wildman–Crippen LogP) is 6.38. The Morgan fingerprint density at radius 2 is 1.82 bits per heavy atom. The van der Waals surface area contributed by atoms with Gasteiger partial charge in [0.1, 0.15) is 6.10 Å². The fourth-order valence-corrected chi connectivity index (χ4v) is 5.70. The molecule has 1 heterocycles. The van der Waals surface area contributed by atoms with Crippen molar-refractivity contribution in [1.82, 2.24) is 0 Å². The fourth-order valence-electron chi connectivity index (χ4n) is 5.70. The predicted molar refractivity (Wildman–Crippen MR) is 165 cm³/mol. The Balaban J connectivity index is 2.67. The van der Waals surface area contributed by atoms with Gasteiger partial charge in [0, 0.05) is 24.0 Å². The Morgan fingerprint density at radius 3 is 2.48 bits per heavy atom. The van der Waals surface area contributed by atoms with Crippen LogP contribution in [0.1, 0.15) is 92.9 Å². The van der Waals surface area contributed by atoms with E-state index in [0.29, 0.717) is 19.3 Å². The molecule has 0 bridgehead atoms. The van der Waals surface area contributed by atoms with Crippen LogP contribution in [0.15, 0.2) is 60.4 Å². The first-order chi connectivity index (χ1) is 18.9. The van der Waals surface area contributed by atoms with Gasteiger partial charge in [-0.15, -0.1) is 0 Å². The Morgan fingerprint density at radius 1 is 1.12 bits per heavy atom. The van der Waals surface area contributed by atoms with Crippen molar-refractivity contribution in [2.24, 2.45) is 35.3 Å². The minimum Gasteiger partial charge on any atom is -0.460 e. The summed E-state index contributed by atoms with van der Waals surface area (Å²) in [5, 5.41) is 32.2. The lowest BCUT2D eigenvalue weighted by Crippen LogP contribution is -2.36. The lowest BCUT2D eigenvalue weighted by Gasteiger charge is -2.32. The molecule has 1 saturated heterocycles. The second kappa shape index (κ2) is 19.1. The van der Waals surface area contributed by atoms with Crippen LogP contribution in [0.3, 0.4) is 0 Å². The first-order valence-corrected chi connectivity index (χ1v) is 15.2. The zero-order valence-corrected chi connectivity index (χ0v) is 25.8. The van der Waals surface area contributed by atoms with Crippen molar-refractivity contribution in [1.29, 1.82) is 0 Å². The Kier molecular flexibility index (Phi) is 17.1. The van der Waals surface area contributed by atoms with Crippen LogP contribution in [0.25, 0.3) is 0 Å². The smallest absolute Gasteiger partial charge is 0.306 e. The maximum Gasteiger partial charge on any atom is 0.306 e. The van der Waals surface area contributed by atoms with E-state index in [0.717, 1.165) is 37.0 Å². The average molecular weight is 560 g/mol. The molecule has 0 saturated carbocycles. The maximum atomic E-state index is 11.5. The van der Waals surface area contributed by atoms with Gasteiger partial charge in [-0.2, -0.15) is 0 Å². The second-order valence-electron chi connectivity index (χ2n) is 11.9. The molecule has 1 rings (SSSR count). The van der Waals surface area contributed by atoms with Crippen molar-refractivity contribution in [3.8, 4) is 0 Å². The van der Waals surface area contributed by atoms with Gasteiger partial charge in [0.2, 0.25) is 0 Å². The molecule has 0 spiro atoms. The van der Waals surface area contributed by atoms with E-state index in [2.05, 4.69) is 52.5 Å². The summed E-state index contributed by atoms with van der Waals surface area (Å²) < 4.78 is 5.25. The molecule has 228 valence electrons. The van der Waals surface area contributed by atoms with Crippen LogP contribution in [0, 0.1) is 29.6 Å². The van der Waals surface area contributed by atoms with E-state index in [1.165, 1.54) is 0 Å². The van der Waals surface area contributed by atoms with E-state index in [-0.39, 0.29) is 42.0 Å². The quantitative estimate of drug-likeness (QED) is 0.0880. The second-order valence-corrected chi connectivity index (χ2v) is 11.9. The molecule has 0 amide bonds. The third-order valence-corrected chi connectivity index (χ3v) is 8.22. The molecule has 1 aliphatic rings. The SMILES string of the molecule is C=C/C=C\CC(C/C(N)=C\CC)C(C)C(O)C(C)C/C(C)=C\C(C)C(O)C(C)/C=C\CC[C@@H]1OC(=O)CCC1O. The maximum absolute atomic E-state index is 11.5. The fraction of sp³-hybridized carbons (Fsp3) is 0.676. The lowest BCUT2D eigenvalue weighted by atomic mass is 9.78. The summed E-state index contributed by atoms with van der Waals surface area (Å²) in [6, 6.07) is 0. The van der Waals surface area contributed by atoms with Crippen molar-refractivity contribution in [3.05, 3.63) is 60.4 Å². The van der Waals surface area contributed by atoms with Gasteiger partial charge in [0.05, 0.1) is 18.3 Å². The number of hydrogen-bond donors (Lipinski definition) is 4. The number of carbonyl (C=O) groups excluding carboxylic acids is 1. The molecule has 0 aromatic carbocycles. The molecule has 8 unspecified atom stereocenters. The van der Waals surface area contributed by atoms with E-state index in [4.69, 9.17) is 10.5 Å². The van der Waals surface area contributed by atoms with Crippen LogP contribution in [-0.2, 0) is 9.53 Å². The molecule has 1 fully saturated rings. The number of esters is 1. The number of nitrogens with two attached hydrogens (primary N) is 1. The molecule has 0 aliphatic carbocycles. The number of hydrogen-bond acceptors (Lipinski definition) is 6. The molecule has 40 heavy (non-hydrogen) atoms. The van der Waals surface area contributed by atoms with Gasteiger partial charge in [-0.25, -0.2) is 0 Å². The van der Waals surface area contributed by atoms with Crippen molar-refractivity contribution in [2.75, 3.05) is 0 Å². The number of carbonyl (C=O) groups is 1. The average Bonchev–Trinajstić information content (AvgIpc) is 2.90.